The van der Waals surface area contributed by atoms with E-state index in [1.54, 1.807) is 0 Å². The number of rotatable bonds is 6. The Morgan fingerprint density at radius 2 is 0.867 bits per heavy atom. The maximum absolute atomic E-state index is 5.54. The van der Waals surface area contributed by atoms with E-state index in [4.69, 9.17) is 15.0 Å². The molecule has 0 aliphatic rings. The van der Waals surface area contributed by atoms with Crippen molar-refractivity contribution in [1.29, 1.82) is 0 Å². The number of hydrogen-bond acceptors (Lipinski definition) is 5. The fourth-order valence-corrected chi connectivity index (χ4v) is 11.1. The lowest BCUT2D eigenvalue weighted by Gasteiger charge is -2.12. The fraction of sp³-hybridized carbons (Fsp3) is 0. The summed E-state index contributed by atoms with van der Waals surface area (Å²) in [6, 6.07) is 71.2. The number of aromatic nitrogens is 3. The Labute approximate surface area is 354 Å². The van der Waals surface area contributed by atoms with E-state index in [9.17, 15) is 0 Å². The van der Waals surface area contributed by atoms with E-state index in [1.807, 2.05) is 34.8 Å². The van der Waals surface area contributed by atoms with E-state index in [1.165, 1.54) is 51.5 Å². The van der Waals surface area contributed by atoms with Crippen molar-refractivity contribution in [2.24, 2.45) is 0 Å². The summed E-state index contributed by atoms with van der Waals surface area (Å²) in [6.07, 6.45) is 0. The van der Waals surface area contributed by atoms with Gasteiger partial charge >= 0.3 is 0 Å². The maximum Gasteiger partial charge on any atom is 0.160 e. The van der Waals surface area contributed by atoms with Crippen LogP contribution >= 0.6 is 22.7 Å². The number of benzene rings is 8. The third-order valence-corrected chi connectivity index (χ3v) is 13.9. The molecule has 0 aliphatic carbocycles. The summed E-state index contributed by atoms with van der Waals surface area (Å²) in [6.45, 7) is 0. The Morgan fingerprint density at radius 1 is 0.317 bits per heavy atom. The number of pyridine rings is 1. The Hall–Kier alpha value is -7.31. The van der Waals surface area contributed by atoms with Crippen molar-refractivity contribution in [3.05, 3.63) is 200 Å². The van der Waals surface area contributed by atoms with Crippen LogP contribution in [0.4, 0.5) is 0 Å². The molecule has 3 nitrogen and oxygen atoms in total. The summed E-state index contributed by atoms with van der Waals surface area (Å²) < 4.78 is 5.06. The first-order chi connectivity index (χ1) is 29.7. The molecule has 0 saturated heterocycles. The van der Waals surface area contributed by atoms with Crippen LogP contribution in [-0.4, -0.2) is 15.0 Å². The molecule has 0 aliphatic heterocycles. The molecule has 60 heavy (non-hydrogen) atoms. The monoisotopic (exact) mass is 799 g/mol. The SMILES string of the molecule is c1ccc(-c2cc(-c3ccccc3)nc(-c3cccc(-c4nc5cc(-c6cccc(-c7cccc8c7sc7ccccc78)c6)ccc5c5c4sc4ccccc45)c3)n2)cc1. The van der Waals surface area contributed by atoms with Crippen LogP contribution < -0.4 is 0 Å². The van der Waals surface area contributed by atoms with Crippen molar-refractivity contribution in [2.45, 2.75) is 0 Å². The summed E-state index contributed by atoms with van der Waals surface area (Å²) >= 11 is 3.68. The van der Waals surface area contributed by atoms with Gasteiger partial charge in [0.1, 0.15) is 0 Å². The molecule has 0 amide bonds. The predicted octanol–water partition coefficient (Wildman–Crippen LogP) is 15.8. The van der Waals surface area contributed by atoms with Gasteiger partial charge in [-0.3, -0.25) is 0 Å². The third-order valence-electron chi connectivity index (χ3n) is 11.5. The van der Waals surface area contributed by atoms with Gasteiger partial charge in [0.25, 0.3) is 0 Å². The van der Waals surface area contributed by atoms with Gasteiger partial charge in [-0.15, -0.1) is 22.7 Å². The topological polar surface area (TPSA) is 38.7 Å². The number of fused-ring (bicyclic) bond motifs is 8. The van der Waals surface area contributed by atoms with E-state index in [0.29, 0.717) is 5.82 Å². The Kier molecular flexibility index (Phi) is 8.22. The highest BCUT2D eigenvalue weighted by Crippen LogP contribution is 2.45. The molecule has 0 radical (unpaired) electrons. The largest absolute Gasteiger partial charge is 0.246 e. The van der Waals surface area contributed by atoms with Crippen molar-refractivity contribution in [2.75, 3.05) is 0 Å². The fourth-order valence-electron chi connectivity index (χ4n) is 8.60. The molecule has 0 N–H and O–H groups in total. The lowest BCUT2D eigenvalue weighted by atomic mass is 9.96. The second-order valence-corrected chi connectivity index (χ2v) is 17.2. The van der Waals surface area contributed by atoms with Crippen LogP contribution in [0.3, 0.4) is 0 Å². The summed E-state index contributed by atoms with van der Waals surface area (Å²) in [4.78, 5) is 15.8. The highest BCUT2D eigenvalue weighted by Gasteiger charge is 2.19. The number of nitrogens with zero attached hydrogens (tertiary/aromatic N) is 3. The van der Waals surface area contributed by atoms with Crippen molar-refractivity contribution < 1.29 is 0 Å². The van der Waals surface area contributed by atoms with Gasteiger partial charge < -0.3 is 0 Å². The summed E-state index contributed by atoms with van der Waals surface area (Å²) in [5.74, 6) is 0.680. The van der Waals surface area contributed by atoms with Crippen molar-refractivity contribution in [3.8, 4) is 67.4 Å². The molecule has 4 aromatic heterocycles. The van der Waals surface area contributed by atoms with Gasteiger partial charge in [0.2, 0.25) is 0 Å². The van der Waals surface area contributed by atoms with Gasteiger partial charge in [0, 0.05) is 63.3 Å². The van der Waals surface area contributed by atoms with E-state index < -0.39 is 0 Å². The van der Waals surface area contributed by atoms with Crippen molar-refractivity contribution in [3.63, 3.8) is 0 Å². The Balaban J connectivity index is 1.01. The van der Waals surface area contributed by atoms with E-state index in [0.717, 1.165) is 61.4 Å². The third kappa shape index (κ3) is 5.90. The molecule has 0 unspecified atom stereocenters. The first-order valence-electron chi connectivity index (χ1n) is 20.1. The van der Waals surface area contributed by atoms with Gasteiger partial charge in [-0.1, -0.05) is 164 Å². The Bertz CT molecular complexity index is 3550. The van der Waals surface area contributed by atoms with Crippen molar-refractivity contribution in [1.82, 2.24) is 15.0 Å². The maximum atomic E-state index is 5.54. The second kappa shape index (κ2) is 14.2. The lowest BCUT2D eigenvalue weighted by Crippen LogP contribution is -1.96. The summed E-state index contributed by atoms with van der Waals surface area (Å²) in [5, 5.41) is 6.27. The van der Waals surface area contributed by atoms with Gasteiger partial charge in [-0.05, 0) is 58.7 Å². The highest BCUT2D eigenvalue weighted by atomic mass is 32.1. The molecule has 0 spiro atoms. The first kappa shape index (κ1) is 34.7. The molecule has 4 heterocycles. The minimum absolute atomic E-state index is 0.680. The van der Waals surface area contributed by atoms with Gasteiger partial charge in [-0.25, -0.2) is 15.0 Å². The minimum atomic E-state index is 0.680. The smallest absolute Gasteiger partial charge is 0.160 e. The van der Waals surface area contributed by atoms with Crippen LogP contribution in [0.25, 0.3) is 119 Å². The Morgan fingerprint density at radius 3 is 1.63 bits per heavy atom. The van der Waals surface area contributed by atoms with Crippen molar-refractivity contribution >= 4 is 73.9 Å². The zero-order valence-corrected chi connectivity index (χ0v) is 33.8. The summed E-state index contributed by atoms with van der Waals surface area (Å²) in [7, 11) is 0. The average Bonchev–Trinajstić information content (AvgIpc) is 3.91. The minimum Gasteiger partial charge on any atom is -0.246 e. The summed E-state index contributed by atoms with van der Waals surface area (Å²) in [5.41, 5.74) is 12.6. The zero-order chi connectivity index (χ0) is 39.6. The molecule has 12 aromatic rings. The highest BCUT2D eigenvalue weighted by molar-refractivity contribution is 7.26. The normalized spacial score (nSPS) is 11.7. The molecule has 0 bridgehead atoms. The lowest BCUT2D eigenvalue weighted by molar-refractivity contribution is 1.18. The number of thiophene rings is 2. The van der Waals surface area contributed by atoms with Crippen LogP contribution in [0.5, 0.6) is 0 Å². The van der Waals surface area contributed by atoms with Gasteiger partial charge in [0.15, 0.2) is 5.82 Å². The van der Waals surface area contributed by atoms with Crippen LogP contribution in [0.1, 0.15) is 0 Å². The second-order valence-electron chi connectivity index (χ2n) is 15.1. The molecule has 12 rings (SSSR count). The standard InChI is InChI=1S/C55H33N3S2/c1-3-14-34(15-4-1)46-33-47(35-16-5-2-6-17-35)58-55(57-46)40-21-12-20-39(31-40)52-54-51(45-23-8-10-27-50(45)60-54)44-29-28-37(32-48(44)56-52)36-18-11-19-38(30-36)41-24-13-25-43-42-22-7-9-26-49(42)59-53(41)43/h1-33H. The molecule has 0 saturated carbocycles. The zero-order valence-electron chi connectivity index (χ0n) is 32.2. The average molecular weight is 800 g/mol. The van der Waals surface area contributed by atoms with Gasteiger partial charge in [0.05, 0.1) is 27.3 Å². The van der Waals surface area contributed by atoms with E-state index in [2.05, 4.69) is 188 Å². The van der Waals surface area contributed by atoms with Crippen LogP contribution in [-0.2, 0) is 0 Å². The van der Waals surface area contributed by atoms with Crippen LogP contribution in [0, 0.1) is 0 Å². The number of hydrogen-bond donors (Lipinski definition) is 0. The molecule has 280 valence electrons. The quantitative estimate of drug-likeness (QED) is 0.168. The van der Waals surface area contributed by atoms with E-state index >= 15 is 0 Å². The molecule has 5 heteroatoms. The van der Waals surface area contributed by atoms with Crippen LogP contribution in [0.15, 0.2) is 200 Å². The van der Waals surface area contributed by atoms with Crippen LogP contribution in [0.2, 0.25) is 0 Å². The molecule has 0 atom stereocenters. The van der Waals surface area contributed by atoms with E-state index in [-0.39, 0.29) is 0 Å². The molecule has 0 fully saturated rings. The molecule has 8 aromatic carbocycles. The van der Waals surface area contributed by atoms with Gasteiger partial charge in [-0.2, -0.15) is 0 Å². The first-order valence-corrected chi connectivity index (χ1v) is 21.7. The predicted molar refractivity (Wildman–Crippen MR) is 256 cm³/mol. The molecular weight excluding hydrogens is 767 g/mol. The molecular formula is C55H33N3S2.